The molecule has 0 unspecified atom stereocenters. The summed E-state index contributed by atoms with van der Waals surface area (Å²) in [5.74, 6) is 0.857. The fourth-order valence-electron chi connectivity index (χ4n) is 2.99. The lowest BCUT2D eigenvalue weighted by molar-refractivity contribution is 0.185. The van der Waals surface area contributed by atoms with E-state index in [9.17, 15) is 4.79 Å². The number of anilines is 2. The Balaban J connectivity index is 1.50. The zero-order chi connectivity index (χ0) is 16.8. The van der Waals surface area contributed by atoms with E-state index in [1.807, 2.05) is 42.5 Å². The number of para-hydroxylation sites is 1. The molecule has 1 aliphatic rings. The van der Waals surface area contributed by atoms with Crippen LogP contribution in [0.5, 0.6) is 0 Å². The summed E-state index contributed by atoms with van der Waals surface area (Å²) >= 11 is 0. The summed E-state index contributed by atoms with van der Waals surface area (Å²) in [6, 6.07) is 17.3. The number of urea groups is 1. The highest BCUT2D eigenvalue weighted by molar-refractivity contribution is 5.99. The summed E-state index contributed by atoms with van der Waals surface area (Å²) in [6.07, 6.45) is 2.58. The van der Waals surface area contributed by atoms with Crippen molar-refractivity contribution in [3.05, 3.63) is 60.2 Å². The molecule has 2 aromatic carbocycles. The summed E-state index contributed by atoms with van der Waals surface area (Å²) in [6.45, 7) is 5.68. The molecule has 3 rings (SSSR count). The van der Waals surface area contributed by atoms with Crippen molar-refractivity contribution >= 4 is 17.4 Å². The minimum Gasteiger partial charge on any atom is -0.308 e. The number of rotatable bonds is 4. The molecular weight excluding hydrogens is 298 g/mol. The zero-order valence-corrected chi connectivity index (χ0v) is 14.2. The molecule has 0 saturated carbocycles. The average molecular weight is 323 g/mol. The van der Waals surface area contributed by atoms with Gasteiger partial charge in [0, 0.05) is 17.9 Å². The number of piperidine rings is 1. The molecule has 0 radical (unpaired) electrons. The standard InChI is InChI=1S/C20H25N3O/c1-16-11-13-23(14-12-16)15-17-7-9-19(10-8-17)22-20(24)21-18-5-3-2-4-6-18/h2-10,16H,11-15H2,1H3,(H2,21,22,24). The van der Waals surface area contributed by atoms with E-state index in [1.165, 1.54) is 31.5 Å². The van der Waals surface area contributed by atoms with Crippen LogP contribution >= 0.6 is 0 Å². The normalized spacial score (nSPS) is 15.9. The quantitative estimate of drug-likeness (QED) is 0.866. The van der Waals surface area contributed by atoms with Crippen LogP contribution in [0.3, 0.4) is 0 Å². The first-order chi connectivity index (χ1) is 11.7. The third-order valence-corrected chi connectivity index (χ3v) is 4.53. The van der Waals surface area contributed by atoms with Crippen LogP contribution in [0.4, 0.5) is 16.2 Å². The Hall–Kier alpha value is -2.33. The van der Waals surface area contributed by atoms with Crippen LogP contribution in [0.25, 0.3) is 0 Å². The molecule has 2 amide bonds. The second-order valence-corrected chi connectivity index (χ2v) is 6.60. The van der Waals surface area contributed by atoms with E-state index in [0.29, 0.717) is 0 Å². The van der Waals surface area contributed by atoms with Crippen LogP contribution < -0.4 is 10.6 Å². The molecule has 2 aromatic rings. The average Bonchev–Trinajstić information content (AvgIpc) is 2.59. The van der Waals surface area contributed by atoms with Gasteiger partial charge < -0.3 is 10.6 Å². The van der Waals surface area contributed by atoms with Gasteiger partial charge in [0.05, 0.1) is 0 Å². The first-order valence-electron chi connectivity index (χ1n) is 8.63. The van der Waals surface area contributed by atoms with Gasteiger partial charge in [-0.2, -0.15) is 0 Å². The number of likely N-dealkylation sites (tertiary alicyclic amines) is 1. The summed E-state index contributed by atoms with van der Waals surface area (Å²) in [4.78, 5) is 14.5. The highest BCUT2D eigenvalue weighted by Gasteiger charge is 2.15. The van der Waals surface area contributed by atoms with Gasteiger partial charge in [0.25, 0.3) is 0 Å². The van der Waals surface area contributed by atoms with Gasteiger partial charge in [0.1, 0.15) is 0 Å². The van der Waals surface area contributed by atoms with E-state index in [0.717, 1.165) is 23.8 Å². The molecule has 0 bridgehead atoms. The van der Waals surface area contributed by atoms with Crippen molar-refractivity contribution in [1.82, 2.24) is 4.90 Å². The van der Waals surface area contributed by atoms with Crippen molar-refractivity contribution in [1.29, 1.82) is 0 Å². The first-order valence-corrected chi connectivity index (χ1v) is 8.63. The van der Waals surface area contributed by atoms with Crippen molar-refractivity contribution in [2.75, 3.05) is 23.7 Å². The van der Waals surface area contributed by atoms with Gasteiger partial charge in [-0.1, -0.05) is 37.3 Å². The lowest BCUT2D eigenvalue weighted by atomic mass is 9.99. The van der Waals surface area contributed by atoms with Crippen molar-refractivity contribution in [2.24, 2.45) is 5.92 Å². The van der Waals surface area contributed by atoms with Gasteiger partial charge in [-0.25, -0.2) is 4.79 Å². The predicted molar refractivity (Wildman–Crippen MR) is 99.2 cm³/mol. The van der Waals surface area contributed by atoms with Gasteiger partial charge in [-0.15, -0.1) is 0 Å². The molecule has 4 heteroatoms. The van der Waals surface area contributed by atoms with E-state index in [4.69, 9.17) is 0 Å². The lowest BCUT2D eigenvalue weighted by Gasteiger charge is -2.30. The molecule has 0 atom stereocenters. The van der Waals surface area contributed by atoms with Crippen molar-refractivity contribution in [3.63, 3.8) is 0 Å². The second-order valence-electron chi connectivity index (χ2n) is 6.60. The van der Waals surface area contributed by atoms with Crippen LogP contribution in [-0.4, -0.2) is 24.0 Å². The van der Waals surface area contributed by atoms with Gasteiger partial charge in [-0.3, -0.25) is 4.90 Å². The van der Waals surface area contributed by atoms with Crippen molar-refractivity contribution < 1.29 is 4.79 Å². The molecule has 2 N–H and O–H groups in total. The third-order valence-electron chi connectivity index (χ3n) is 4.53. The van der Waals surface area contributed by atoms with E-state index in [-0.39, 0.29) is 6.03 Å². The highest BCUT2D eigenvalue weighted by Crippen LogP contribution is 2.19. The van der Waals surface area contributed by atoms with Gasteiger partial charge >= 0.3 is 6.03 Å². The van der Waals surface area contributed by atoms with Crippen LogP contribution in [0.1, 0.15) is 25.3 Å². The molecule has 126 valence electrons. The van der Waals surface area contributed by atoms with Gasteiger partial charge in [0.2, 0.25) is 0 Å². The molecule has 0 aliphatic carbocycles. The maximum absolute atomic E-state index is 12.0. The molecule has 4 nitrogen and oxygen atoms in total. The topological polar surface area (TPSA) is 44.4 Å². The fourth-order valence-corrected chi connectivity index (χ4v) is 2.99. The van der Waals surface area contributed by atoms with Crippen LogP contribution in [0.2, 0.25) is 0 Å². The Morgan fingerprint density at radius 1 is 0.958 bits per heavy atom. The molecule has 1 saturated heterocycles. The second kappa shape index (κ2) is 7.97. The maximum Gasteiger partial charge on any atom is 0.323 e. The highest BCUT2D eigenvalue weighted by atomic mass is 16.2. The minimum absolute atomic E-state index is 0.223. The monoisotopic (exact) mass is 323 g/mol. The lowest BCUT2D eigenvalue weighted by Crippen LogP contribution is -2.32. The van der Waals surface area contributed by atoms with Crippen LogP contribution in [-0.2, 0) is 6.54 Å². The largest absolute Gasteiger partial charge is 0.323 e. The Kier molecular flexibility index (Phi) is 5.49. The smallest absolute Gasteiger partial charge is 0.308 e. The van der Waals surface area contributed by atoms with Crippen molar-refractivity contribution in [2.45, 2.75) is 26.3 Å². The molecule has 1 heterocycles. The number of benzene rings is 2. The molecule has 0 spiro atoms. The summed E-state index contributed by atoms with van der Waals surface area (Å²) in [7, 11) is 0. The number of nitrogens with zero attached hydrogens (tertiary/aromatic N) is 1. The van der Waals surface area contributed by atoms with Crippen LogP contribution in [0.15, 0.2) is 54.6 Å². The number of nitrogens with one attached hydrogen (secondary N) is 2. The molecule has 24 heavy (non-hydrogen) atoms. The van der Waals surface area contributed by atoms with Crippen LogP contribution in [0, 0.1) is 5.92 Å². The SMILES string of the molecule is CC1CCN(Cc2ccc(NC(=O)Nc3ccccc3)cc2)CC1. The Morgan fingerprint density at radius 3 is 2.17 bits per heavy atom. The Bertz CT molecular complexity index is 646. The number of carbonyl (C=O) groups excluding carboxylic acids is 1. The Labute approximate surface area is 143 Å². The maximum atomic E-state index is 12.0. The number of hydrogen-bond donors (Lipinski definition) is 2. The fraction of sp³-hybridized carbons (Fsp3) is 0.350. The summed E-state index contributed by atoms with van der Waals surface area (Å²) in [5.41, 5.74) is 2.88. The summed E-state index contributed by atoms with van der Waals surface area (Å²) < 4.78 is 0. The van der Waals surface area contributed by atoms with E-state index >= 15 is 0 Å². The minimum atomic E-state index is -0.223. The van der Waals surface area contributed by atoms with Gasteiger partial charge in [0.15, 0.2) is 0 Å². The van der Waals surface area contributed by atoms with E-state index < -0.39 is 0 Å². The molecule has 1 fully saturated rings. The third kappa shape index (κ3) is 4.83. The number of amides is 2. The molecule has 0 aromatic heterocycles. The Morgan fingerprint density at radius 2 is 1.54 bits per heavy atom. The van der Waals surface area contributed by atoms with Gasteiger partial charge in [-0.05, 0) is 61.7 Å². The predicted octanol–water partition coefficient (Wildman–Crippen LogP) is 4.56. The molecular formula is C20H25N3O. The number of carbonyl (C=O) groups is 1. The first kappa shape index (κ1) is 16.5. The summed E-state index contributed by atoms with van der Waals surface area (Å²) in [5, 5.41) is 5.68. The van der Waals surface area contributed by atoms with Crippen molar-refractivity contribution in [3.8, 4) is 0 Å². The zero-order valence-electron chi connectivity index (χ0n) is 14.2. The number of hydrogen-bond acceptors (Lipinski definition) is 2. The van der Waals surface area contributed by atoms with E-state index in [1.54, 1.807) is 0 Å². The van der Waals surface area contributed by atoms with E-state index in [2.05, 4.69) is 34.6 Å². The molecule has 1 aliphatic heterocycles.